The Labute approximate surface area is 236 Å². The molecule has 1 aliphatic heterocycles. The number of ether oxygens (including phenoxy) is 2. The van der Waals surface area contributed by atoms with E-state index in [1.54, 1.807) is 15.5 Å². The molecule has 1 amide bonds. The second-order valence-corrected chi connectivity index (χ2v) is 11.0. The fourth-order valence-corrected chi connectivity index (χ4v) is 4.76. The molecule has 1 atom stereocenters. The van der Waals surface area contributed by atoms with Crippen LogP contribution in [-0.2, 0) is 17.5 Å². The van der Waals surface area contributed by atoms with E-state index < -0.39 is 17.3 Å². The van der Waals surface area contributed by atoms with Gasteiger partial charge < -0.3 is 19.7 Å². The molecule has 1 aliphatic rings. The fraction of sp³-hybridized carbons (Fsp3) is 0.367. The topological polar surface area (TPSA) is 81.0 Å². The van der Waals surface area contributed by atoms with Crippen molar-refractivity contribution < 1.29 is 27.4 Å². The van der Waals surface area contributed by atoms with Crippen molar-refractivity contribution in [1.29, 1.82) is 0 Å². The number of carbonyl (C=O) groups is 1. The lowest BCUT2D eigenvalue weighted by Gasteiger charge is -2.34. The zero-order valence-corrected chi connectivity index (χ0v) is 23.1. The molecule has 2 aromatic carbocycles. The molecule has 2 aromatic heterocycles. The molecule has 0 aliphatic carbocycles. The molecule has 0 bridgehead atoms. The van der Waals surface area contributed by atoms with Crippen LogP contribution in [0.25, 0.3) is 16.8 Å². The monoisotopic (exact) mass is 567 g/mol. The summed E-state index contributed by atoms with van der Waals surface area (Å²) < 4.78 is 54.0. The molecule has 5 rings (SSSR count). The standard InChI is InChI=1S/C30H32F3N5O3/c1-29(2,3)41-28(39)37-15-7-11-22(18-37)34-27-36-35-26(24-12-8-16-38(24)27)23-14-13-21(30(31,32)33)17-25(23)40-19-20-9-5-4-6-10-20/h4-6,8-10,12-14,16-17,22H,7,11,15,18-19H2,1-3H3,(H,34,36)/t22-/m1/s1. The number of nitrogens with one attached hydrogen (secondary N) is 1. The molecule has 216 valence electrons. The van der Waals surface area contributed by atoms with Crippen molar-refractivity contribution in [2.45, 2.75) is 58.0 Å². The predicted molar refractivity (Wildman–Crippen MR) is 149 cm³/mol. The number of carbonyl (C=O) groups excluding carboxylic acids is 1. The molecule has 1 saturated heterocycles. The van der Waals surface area contributed by atoms with Gasteiger partial charge in [-0.3, -0.25) is 4.40 Å². The smallest absolute Gasteiger partial charge is 0.416 e. The Hall–Kier alpha value is -4.28. The Morgan fingerprint density at radius 3 is 2.56 bits per heavy atom. The van der Waals surface area contributed by atoms with Gasteiger partial charge in [-0.1, -0.05) is 30.3 Å². The van der Waals surface area contributed by atoms with Crippen LogP contribution in [0.1, 0.15) is 44.7 Å². The number of fused-ring (bicyclic) bond motifs is 1. The minimum atomic E-state index is -4.53. The second kappa shape index (κ2) is 11.3. The zero-order chi connectivity index (χ0) is 29.2. The third kappa shape index (κ3) is 6.72. The number of anilines is 1. The summed E-state index contributed by atoms with van der Waals surface area (Å²) in [5, 5.41) is 12.2. The highest BCUT2D eigenvalue weighted by Crippen LogP contribution is 2.38. The molecule has 11 heteroatoms. The van der Waals surface area contributed by atoms with E-state index in [-0.39, 0.29) is 24.5 Å². The summed E-state index contributed by atoms with van der Waals surface area (Å²) in [5.74, 6) is 0.519. The van der Waals surface area contributed by atoms with Crippen LogP contribution < -0.4 is 10.1 Å². The molecule has 41 heavy (non-hydrogen) atoms. The van der Waals surface area contributed by atoms with E-state index in [1.807, 2.05) is 63.2 Å². The van der Waals surface area contributed by atoms with Gasteiger partial charge in [-0.2, -0.15) is 13.2 Å². The Kier molecular flexibility index (Phi) is 7.79. The van der Waals surface area contributed by atoms with Crippen LogP contribution in [0.4, 0.5) is 23.9 Å². The minimum Gasteiger partial charge on any atom is -0.488 e. The number of hydrogen-bond acceptors (Lipinski definition) is 6. The van der Waals surface area contributed by atoms with E-state index in [2.05, 4.69) is 15.5 Å². The lowest BCUT2D eigenvalue weighted by atomic mass is 10.1. The van der Waals surface area contributed by atoms with Crippen molar-refractivity contribution >= 4 is 17.6 Å². The molecule has 0 radical (unpaired) electrons. The van der Waals surface area contributed by atoms with E-state index in [0.29, 0.717) is 35.8 Å². The highest BCUT2D eigenvalue weighted by Gasteiger charge is 2.32. The van der Waals surface area contributed by atoms with Crippen molar-refractivity contribution in [3.8, 4) is 17.0 Å². The average Bonchev–Trinajstić information content (AvgIpc) is 3.42. The largest absolute Gasteiger partial charge is 0.488 e. The summed E-state index contributed by atoms with van der Waals surface area (Å²) in [6.07, 6.45) is -1.46. The van der Waals surface area contributed by atoms with Gasteiger partial charge >= 0.3 is 12.3 Å². The number of benzene rings is 2. The van der Waals surface area contributed by atoms with Crippen LogP contribution >= 0.6 is 0 Å². The maximum Gasteiger partial charge on any atom is 0.416 e. The summed E-state index contributed by atoms with van der Waals surface area (Å²) in [5.41, 5.74) is 0.849. The van der Waals surface area contributed by atoms with Crippen molar-refractivity contribution in [3.05, 3.63) is 78.0 Å². The molecular weight excluding hydrogens is 535 g/mol. The molecular formula is C30H32F3N5O3. The summed E-state index contributed by atoms with van der Waals surface area (Å²) in [6, 6.07) is 16.2. The van der Waals surface area contributed by atoms with Crippen molar-refractivity contribution in [2.75, 3.05) is 18.4 Å². The second-order valence-electron chi connectivity index (χ2n) is 11.0. The molecule has 0 saturated carbocycles. The Morgan fingerprint density at radius 1 is 1.05 bits per heavy atom. The van der Waals surface area contributed by atoms with Gasteiger partial charge in [-0.15, -0.1) is 10.2 Å². The van der Waals surface area contributed by atoms with Gasteiger partial charge in [0, 0.05) is 30.9 Å². The molecule has 1 fully saturated rings. The summed E-state index contributed by atoms with van der Waals surface area (Å²) in [6.45, 7) is 6.64. The van der Waals surface area contributed by atoms with Crippen molar-refractivity contribution in [2.24, 2.45) is 0 Å². The van der Waals surface area contributed by atoms with E-state index in [0.717, 1.165) is 30.5 Å². The Balaban J connectivity index is 1.42. The average molecular weight is 568 g/mol. The first-order valence-corrected chi connectivity index (χ1v) is 13.4. The van der Waals surface area contributed by atoms with Gasteiger partial charge in [0.2, 0.25) is 5.95 Å². The van der Waals surface area contributed by atoms with E-state index >= 15 is 0 Å². The fourth-order valence-electron chi connectivity index (χ4n) is 4.76. The van der Waals surface area contributed by atoms with Crippen molar-refractivity contribution in [3.63, 3.8) is 0 Å². The van der Waals surface area contributed by atoms with E-state index in [1.165, 1.54) is 6.07 Å². The summed E-state index contributed by atoms with van der Waals surface area (Å²) in [7, 11) is 0. The molecule has 0 spiro atoms. The summed E-state index contributed by atoms with van der Waals surface area (Å²) >= 11 is 0. The van der Waals surface area contributed by atoms with Crippen LogP contribution in [0.5, 0.6) is 5.75 Å². The Bertz CT molecular complexity index is 1520. The van der Waals surface area contributed by atoms with Crippen LogP contribution in [0, 0.1) is 0 Å². The highest BCUT2D eigenvalue weighted by molar-refractivity contribution is 5.81. The third-order valence-corrected chi connectivity index (χ3v) is 6.67. The lowest BCUT2D eigenvalue weighted by Crippen LogP contribution is -2.47. The lowest BCUT2D eigenvalue weighted by molar-refractivity contribution is -0.137. The number of rotatable bonds is 6. The number of nitrogens with zero attached hydrogens (tertiary/aromatic N) is 4. The SMILES string of the molecule is CC(C)(C)OC(=O)N1CCC[C@@H](Nc2nnc(-c3ccc(C(F)(F)F)cc3OCc3ccccc3)c3cccn23)C1. The van der Waals surface area contributed by atoms with E-state index in [9.17, 15) is 18.0 Å². The van der Waals surface area contributed by atoms with Gasteiger partial charge in [0.25, 0.3) is 0 Å². The number of likely N-dealkylation sites (tertiary alicyclic amines) is 1. The maximum atomic E-state index is 13.6. The highest BCUT2D eigenvalue weighted by atomic mass is 19.4. The molecule has 8 nitrogen and oxygen atoms in total. The molecule has 4 aromatic rings. The molecule has 0 unspecified atom stereocenters. The van der Waals surface area contributed by atoms with E-state index in [4.69, 9.17) is 9.47 Å². The zero-order valence-electron chi connectivity index (χ0n) is 23.1. The van der Waals surface area contributed by atoms with Gasteiger partial charge in [-0.05, 0) is 69.5 Å². The van der Waals surface area contributed by atoms with Crippen LogP contribution in [0.15, 0.2) is 66.9 Å². The first-order valence-electron chi connectivity index (χ1n) is 13.4. The molecule has 3 heterocycles. The predicted octanol–water partition coefficient (Wildman–Crippen LogP) is 6.81. The van der Waals surface area contributed by atoms with Crippen LogP contribution in [-0.4, -0.2) is 50.3 Å². The van der Waals surface area contributed by atoms with Crippen LogP contribution in [0.2, 0.25) is 0 Å². The van der Waals surface area contributed by atoms with Gasteiger partial charge in [-0.25, -0.2) is 4.79 Å². The van der Waals surface area contributed by atoms with Gasteiger partial charge in [0.1, 0.15) is 23.7 Å². The molecule has 1 N–H and O–H groups in total. The number of alkyl halides is 3. The number of amides is 1. The van der Waals surface area contributed by atoms with Gasteiger partial charge in [0.05, 0.1) is 11.1 Å². The first-order chi connectivity index (χ1) is 19.5. The number of halogens is 3. The quantitative estimate of drug-likeness (QED) is 0.276. The van der Waals surface area contributed by atoms with Crippen molar-refractivity contribution in [1.82, 2.24) is 19.5 Å². The number of piperidine rings is 1. The number of aromatic nitrogens is 3. The normalized spacial score (nSPS) is 16.0. The van der Waals surface area contributed by atoms with Gasteiger partial charge in [0.15, 0.2) is 0 Å². The van der Waals surface area contributed by atoms with Crippen LogP contribution in [0.3, 0.4) is 0 Å². The number of hydrogen-bond donors (Lipinski definition) is 1. The first kappa shape index (κ1) is 28.3. The third-order valence-electron chi connectivity index (χ3n) is 6.67. The maximum absolute atomic E-state index is 13.6. The summed E-state index contributed by atoms with van der Waals surface area (Å²) in [4.78, 5) is 14.3. The minimum absolute atomic E-state index is 0.0575. The Morgan fingerprint density at radius 2 is 1.83 bits per heavy atom.